The summed E-state index contributed by atoms with van der Waals surface area (Å²) in [5.74, 6) is 0. The minimum absolute atomic E-state index is 0.439. The average molecular weight is 151 g/mol. The molecule has 0 saturated carbocycles. The van der Waals surface area contributed by atoms with E-state index < -0.39 is 8.80 Å². The summed E-state index contributed by atoms with van der Waals surface area (Å²) in [5, 5.41) is 0. The Balaban J connectivity index is 3.97. The standard InChI is InChI=1S/C9H15Si/c1-4-7-10(8-5-2)9-6-3/h4-9H,1-3H3. The van der Waals surface area contributed by atoms with Gasteiger partial charge < -0.3 is 0 Å². The molecule has 0 saturated heterocycles. The van der Waals surface area contributed by atoms with Crippen molar-refractivity contribution in [2.24, 2.45) is 0 Å². The first-order valence-corrected chi connectivity index (χ1v) is 5.33. The van der Waals surface area contributed by atoms with E-state index in [0.29, 0.717) is 0 Å². The Hall–Kier alpha value is -0.563. The number of hydrogen-bond donors (Lipinski definition) is 0. The maximum absolute atomic E-state index is 2.27. The molecule has 0 unspecified atom stereocenters. The van der Waals surface area contributed by atoms with Crippen LogP contribution in [0.3, 0.4) is 0 Å². The predicted molar refractivity (Wildman–Crippen MR) is 50.2 cm³/mol. The van der Waals surface area contributed by atoms with Gasteiger partial charge in [-0.05, 0) is 20.8 Å². The first kappa shape index (κ1) is 9.44. The first-order valence-electron chi connectivity index (χ1n) is 3.60. The highest BCUT2D eigenvalue weighted by Gasteiger charge is 1.92. The molecule has 0 aromatic heterocycles. The van der Waals surface area contributed by atoms with Gasteiger partial charge in [0.05, 0.1) is 0 Å². The third-order valence-corrected chi connectivity index (χ3v) is 3.23. The number of rotatable bonds is 3. The van der Waals surface area contributed by atoms with Gasteiger partial charge >= 0.3 is 0 Å². The highest BCUT2D eigenvalue weighted by molar-refractivity contribution is 6.74. The second kappa shape index (κ2) is 6.56. The van der Waals surface area contributed by atoms with E-state index >= 15 is 0 Å². The fourth-order valence-corrected chi connectivity index (χ4v) is 2.23. The van der Waals surface area contributed by atoms with Gasteiger partial charge in [-0.15, -0.1) is 0 Å². The van der Waals surface area contributed by atoms with E-state index in [1.165, 1.54) is 0 Å². The zero-order chi connectivity index (χ0) is 7.82. The second-order valence-electron chi connectivity index (χ2n) is 2.00. The summed E-state index contributed by atoms with van der Waals surface area (Å²) in [5.41, 5.74) is 6.81. The molecule has 1 heteroatoms. The van der Waals surface area contributed by atoms with Gasteiger partial charge in [0.2, 0.25) is 0 Å². The van der Waals surface area contributed by atoms with Crippen LogP contribution < -0.4 is 0 Å². The molecule has 0 amide bonds. The Bertz CT molecular complexity index is 114. The summed E-state index contributed by atoms with van der Waals surface area (Å²) in [6.07, 6.45) is 6.36. The van der Waals surface area contributed by atoms with Gasteiger partial charge in [0.25, 0.3) is 0 Å². The lowest BCUT2D eigenvalue weighted by molar-refractivity contribution is 1.73. The van der Waals surface area contributed by atoms with Crippen LogP contribution in [0.5, 0.6) is 0 Å². The topological polar surface area (TPSA) is 0 Å². The van der Waals surface area contributed by atoms with E-state index in [2.05, 4.69) is 56.1 Å². The Morgan fingerprint density at radius 3 is 1.20 bits per heavy atom. The van der Waals surface area contributed by atoms with Crippen LogP contribution in [-0.2, 0) is 0 Å². The zero-order valence-corrected chi connectivity index (χ0v) is 7.96. The first-order chi connectivity index (χ1) is 4.85. The van der Waals surface area contributed by atoms with E-state index in [-0.39, 0.29) is 0 Å². The molecule has 0 bridgehead atoms. The van der Waals surface area contributed by atoms with Gasteiger partial charge in [-0.2, -0.15) is 0 Å². The van der Waals surface area contributed by atoms with Crippen LogP contribution in [0.1, 0.15) is 20.8 Å². The molecule has 0 rings (SSSR count). The van der Waals surface area contributed by atoms with Gasteiger partial charge in [0, 0.05) is 0 Å². The van der Waals surface area contributed by atoms with Crippen LogP contribution in [0, 0.1) is 0 Å². The van der Waals surface area contributed by atoms with Crippen LogP contribution in [0.4, 0.5) is 0 Å². The summed E-state index contributed by atoms with van der Waals surface area (Å²) >= 11 is 0. The van der Waals surface area contributed by atoms with Crippen molar-refractivity contribution in [3.8, 4) is 0 Å². The molecule has 0 fully saturated rings. The van der Waals surface area contributed by atoms with Gasteiger partial charge in [-0.1, -0.05) is 35.3 Å². The molecule has 0 spiro atoms. The summed E-state index contributed by atoms with van der Waals surface area (Å²) in [6, 6.07) is 0. The molecule has 0 nitrogen and oxygen atoms in total. The molecular formula is C9H15Si. The molecule has 1 radical (unpaired) electrons. The number of hydrogen-bond acceptors (Lipinski definition) is 0. The molecule has 0 aromatic rings. The van der Waals surface area contributed by atoms with Crippen LogP contribution in [0.15, 0.2) is 35.3 Å². The quantitative estimate of drug-likeness (QED) is 0.544. The highest BCUT2D eigenvalue weighted by atomic mass is 28.3. The Morgan fingerprint density at radius 2 is 1.00 bits per heavy atom. The van der Waals surface area contributed by atoms with Crippen molar-refractivity contribution in [2.45, 2.75) is 20.8 Å². The lowest BCUT2D eigenvalue weighted by atomic mass is 10.8. The van der Waals surface area contributed by atoms with E-state index in [4.69, 9.17) is 0 Å². The van der Waals surface area contributed by atoms with Crippen molar-refractivity contribution in [3.05, 3.63) is 35.3 Å². The Labute approximate surface area is 65.6 Å². The Morgan fingerprint density at radius 1 is 0.700 bits per heavy atom. The lowest BCUT2D eigenvalue weighted by Crippen LogP contribution is -2.00. The van der Waals surface area contributed by atoms with Gasteiger partial charge in [0.1, 0.15) is 8.80 Å². The molecule has 0 atom stereocenters. The van der Waals surface area contributed by atoms with Crippen LogP contribution in [-0.4, -0.2) is 8.80 Å². The normalized spacial score (nSPS) is 13.2. The van der Waals surface area contributed by atoms with Crippen molar-refractivity contribution in [3.63, 3.8) is 0 Å². The van der Waals surface area contributed by atoms with Crippen LogP contribution in [0.25, 0.3) is 0 Å². The molecule has 0 aliphatic rings. The van der Waals surface area contributed by atoms with Crippen molar-refractivity contribution in [2.75, 3.05) is 0 Å². The predicted octanol–water partition coefficient (Wildman–Crippen LogP) is 2.83. The summed E-state index contributed by atoms with van der Waals surface area (Å²) in [6.45, 7) is 6.20. The molecular weight excluding hydrogens is 136 g/mol. The van der Waals surface area contributed by atoms with Crippen LogP contribution >= 0.6 is 0 Å². The third-order valence-electron chi connectivity index (χ3n) is 1.08. The SMILES string of the molecule is CC=C[Si](C=CC)C=CC. The van der Waals surface area contributed by atoms with E-state index in [1.54, 1.807) is 0 Å². The zero-order valence-electron chi connectivity index (χ0n) is 6.96. The van der Waals surface area contributed by atoms with E-state index in [1.807, 2.05) is 0 Å². The molecule has 0 aliphatic carbocycles. The minimum atomic E-state index is -0.439. The molecule has 0 aromatic carbocycles. The minimum Gasteiger partial charge on any atom is -0.0950 e. The highest BCUT2D eigenvalue weighted by Crippen LogP contribution is 1.90. The van der Waals surface area contributed by atoms with Gasteiger partial charge in [-0.3, -0.25) is 0 Å². The Kier molecular flexibility index (Phi) is 6.19. The summed E-state index contributed by atoms with van der Waals surface area (Å²) in [4.78, 5) is 0. The third kappa shape index (κ3) is 4.33. The van der Waals surface area contributed by atoms with E-state index in [0.717, 1.165) is 0 Å². The maximum Gasteiger partial charge on any atom is 0.130 e. The molecule has 10 heavy (non-hydrogen) atoms. The van der Waals surface area contributed by atoms with Gasteiger partial charge in [0.15, 0.2) is 0 Å². The smallest absolute Gasteiger partial charge is 0.0950 e. The van der Waals surface area contributed by atoms with E-state index in [9.17, 15) is 0 Å². The summed E-state index contributed by atoms with van der Waals surface area (Å²) < 4.78 is 0. The van der Waals surface area contributed by atoms with Crippen LogP contribution in [0.2, 0.25) is 0 Å². The molecule has 55 valence electrons. The van der Waals surface area contributed by atoms with Crippen molar-refractivity contribution in [1.29, 1.82) is 0 Å². The molecule has 0 aliphatic heterocycles. The fraction of sp³-hybridized carbons (Fsp3) is 0.333. The number of allylic oxidation sites excluding steroid dienone is 3. The largest absolute Gasteiger partial charge is 0.130 e. The lowest BCUT2D eigenvalue weighted by Gasteiger charge is -1.93. The fourth-order valence-electron chi connectivity index (χ4n) is 0.744. The monoisotopic (exact) mass is 151 g/mol. The second-order valence-corrected chi connectivity index (χ2v) is 4.00. The van der Waals surface area contributed by atoms with Crippen molar-refractivity contribution in [1.82, 2.24) is 0 Å². The molecule has 0 heterocycles. The van der Waals surface area contributed by atoms with Crippen molar-refractivity contribution >= 4 is 8.80 Å². The van der Waals surface area contributed by atoms with Gasteiger partial charge in [-0.25, -0.2) is 0 Å². The van der Waals surface area contributed by atoms with Crippen molar-refractivity contribution < 1.29 is 0 Å². The maximum atomic E-state index is 2.27. The average Bonchev–Trinajstić information content (AvgIpc) is 1.90. The molecule has 0 N–H and O–H groups in total. The summed E-state index contributed by atoms with van der Waals surface area (Å²) in [7, 11) is -0.439.